The van der Waals surface area contributed by atoms with Gasteiger partial charge in [-0.2, -0.15) is 5.10 Å². The summed E-state index contributed by atoms with van der Waals surface area (Å²) >= 11 is 0. The minimum absolute atomic E-state index is 0.201. The molecular formula is C21H21N5O2. The lowest BCUT2D eigenvalue weighted by Crippen LogP contribution is -2.21. The van der Waals surface area contributed by atoms with Gasteiger partial charge in [-0.1, -0.05) is 18.2 Å². The first-order chi connectivity index (χ1) is 13.6. The second kappa shape index (κ2) is 7.66. The molecule has 0 aliphatic rings. The van der Waals surface area contributed by atoms with Crippen LogP contribution in [0.25, 0.3) is 22.0 Å². The van der Waals surface area contributed by atoms with E-state index in [-0.39, 0.29) is 5.56 Å². The molecular weight excluding hydrogens is 354 g/mol. The summed E-state index contributed by atoms with van der Waals surface area (Å²) in [6, 6.07) is 12.9. The smallest absolute Gasteiger partial charge is 0.258 e. The van der Waals surface area contributed by atoms with E-state index >= 15 is 0 Å². The summed E-state index contributed by atoms with van der Waals surface area (Å²) in [5, 5.41) is 7.24. The van der Waals surface area contributed by atoms with Gasteiger partial charge in [0.2, 0.25) is 0 Å². The Bertz CT molecular complexity index is 1130. The standard InChI is InChI=1S/C21H21N5O2/c1-2-28-16-6-3-13(4-7-16)9-18(22)20-25-19-8-5-14(15-11-23-24-12-15)10-17(19)21(27)26-20/h3-8,10-12,18H,2,9,22H2,1H3,(H,23,24)(H,25,26,27)/t18-/m1/s1. The molecule has 0 amide bonds. The Labute approximate surface area is 161 Å². The molecule has 0 aliphatic heterocycles. The third kappa shape index (κ3) is 3.65. The van der Waals surface area contributed by atoms with E-state index in [4.69, 9.17) is 10.5 Å². The number of aromatic nitrogens is 4. The molecule has 7 nitrogen and oxygen atoms in total. The molecule has 0 saturated carbocycles. The number of benzene rings is 2. The molecule has 0 fully saturated rings. The average molecular weight is 375 g/mol. The summed E-state index contributed by atoms with van der Waals surface area (Å²) in [5.41, 5.74) is 9.60. The van der Waals surface area contributed by atoms with Gasteiger partial charge < -0.3 is 15.5 Å². The lowest BCUT2D eigenvalue weighted by molar-refractivity contribution is 0.340. The van der Waals surface area contributed by atoms with Gasteiger partial charge in [0.1, 0.15) is 11.6 Å². The molecule has 0 unspecified atom stereocenters. The summed E-state index contributed by atoms with van der Waals surface area (Å²) < 4.78 is 5.45. The van der Waals surface area contributed by atoms with E-state index < -0.39 is 6.04 Å². The molecule has 0 aliphatic carbocycles. The first kappa shape index (κ1) is 17.9. The maximum Gasteiger partial charge on any atom is 0.258 e. The number of nitrogens with two attached hydrogens (primary N) is 1. The van der Waals surface area contributed by atoms with E-state index in [1.165, 1.54) is 0 Å². The first-order valence-electron chi connectivity index (χ1n) is 9.14. The second-order valence-corrected chi connectivity index (χ2v) is 6.56. The van der Waals surface area contributed by atoms with Gasteiger partial charge >= 0.3 is 0 Å². The van der Waals surface area contributed by atoms with Crippen LogP contribution in [0.15, 0.2) is 59.7 Å². The molecule has 2 aromatic carbocycles. The van der Waals surface area contributed by atoms with E-state index in [2.05, 4.69) is 20.2 Å². The van der Waals surface area contributed by atoms with Crippen molar-refractivity contribution in [2.45, 2.75) is 19.4 Å². The van der Waals surface area contributed by atoms with Gasteiger partial charge in [-0.3, -0.25) is 9.89 Å². The van der Waals surface area contributed by atoms with Crippen LogP contribution in [-0.4, -0.2) is 26.8 Å². The average Bonchev–Trinajstić information content (AvgIpc) is 3.24. The fourth-order valence-electron chi connectivity index (χ4n) is 3.16. The molecule has 0 spiro atoms. The van der Waals surface area contributed by atoms with Crippen LogP contribution in [0, 0.1) is 0 Å². The van der Waals surface area contributed by atoms with Crippen LogP contribution in [0.4, 0.5) is 0 Å². The minimum Gasteiger partial charge on any atom is -0.494 e. The van der Waals surface area contributed by atoms with Gasteiger partial charge in [0.05, 0.1) is 29.7 Å². The fourth-order valence-corrected chi connectivity index (χ4v) is 3.16. The molecule has 0 bridgehead atoms. The Morgan fingerprint density at radius 3 is 2.68 bits per heavy atom. The fraction of sp³-hybridized carbons (Fsp3) is 0.190. The van der Waals surface area contributed by atoms with Crippen LogP contribution in [0.2, 0.25) is 0 Å². The molecule has 28 heavy (non-hydrogen) atoms. The van der Waals surface area contributed by atoms with Crippen LogP contribution in [0.5, 0.6) is 5.75 Å². The van der Waals surface area contributed by atoms with E-state index in [9.17, 15) is 4.79 Å². The van der Waals surface area contributed by atoms with Gasteiger partial charge in [-0.05, 0) is 48.7 Å². The van der Waals surface area contributed by atoms with E-state index in [0.717, 1.165) is 22.4 Å². The first-order valence-corrected chi connectivity index (χ1v) is 9.14. The Balaban J connectivity index is 1.59. The van der Waals surface area contributed by atoms with Crippen LogP contribution in [0.1, 0.15) is 24.4 Å². The zero-order chi connectivity index (χ0) is 19.5. The molecule has 7 heteroatoms. The topological polar surface area (TPSA) is 110 Å². The highest BCUT2D eigenvalue weighted by Crippen LogP contribution is 2.22. The van der Waals surface area contributed by atoms with Crippen molar-refractivity contribution in [2.24, 2.45) is 5.73 Å². The highest BCUT2D eigenvalue weighted by atomic mass is 16.5. The Kier molecular flexibility index (Phi) is 4.90. The van der Waals surface area contributed by atoms with Gasteiger partial charge in [0, 0.05) is 11.8 Å². The Hall–Kier alpha value is -3.45. The maximum absolute atomic E-state index is 12.6. The number of nitrogens with zero attached hydrogens (tertiary/aromatic N) is 2. The van der Waals surface area contributed by atoms with Crippen molar-refractivity contribution >= 4 is 10.9 Å². The quantitative estimate of drug-likeness (QED) is 0.480. The summed E-state index contributed by atoms with van der Waals surface area (Å²) in [6.07, 6.45) is 4.06. The maximum atomic E-state index is 12.6. The highest BCUT2D eigenvalue weighted by Gasteiger charge is 2.13. The molecule has 142 valence electrons. The predicted octanol–water partition coefficient (Wildman–Crippen LogP) is 2.95. The molecule has 0 radical (unpaired) electrons. The normalized spacial score (nSPS) is 12.2. The van der Waals surface area contributed by atoms with E-state index in [0.29, 0.717) is 29.8 Å². The number of aromatic amines is 2. The van der Waals surface area contributed by atoms with Crippen LogP contribution >= 0.6 is 0 Å². The van der Waals surface area contributed by atoms with Crippen LogP contribution in [0.3, 0.4) is 0 Å². The van der Waals surface area contributed by atoms with Crippen molar-refractivity contribution < 1.29 is 4.74 Å². The van der Waals surface area contributed by atoms with Gasteiger partial charge in [-0.15, -0.1) is 0 Å². The summed E-state index contributed by atoms with van der Waals surface area (Å²) in [5.74, 6) is 1.30. The summed E-state index contributed by atoms with van der Waals surface area (Å²) in [7, 11) is 0. The zero-order valence-corrected chi connectivity index (χ0v) is 15.5. The van der Waals surface area contributed by atoms with Crippen molar-refractivity contribution in [1.29, 1.82) is 0 Å². The molecule has 2 aromatic heterocycles. The molecule has 2 heterocycles. The SMILES string of the molecule is CCOc1ccc(C[C@@H](N)c2nc3ccc(-c4cn[nH]c4)cc3c(=O)[nH]2)cc1. The van der Waals surface area contributed by atoms with Gasteiger partial charge in [0.25, 0.3) is 5.56 Å². The van der Waals surface area contributed by atoms with Crippen molar-refractivity contribution in [3.05, 3.63) is 76.6 Å². The molecule has 1 atom stereocenters. The van der Waals surface area contributed by atoms with Crippen molar-refractivity contribution in [3.8, 4) is 16.9 Å². The number of ether oxygens (including phenoxy) is 1. The number of fused-ring (bicyclic) bond motifs is 1. The van der Waals surface area contributed by atoms with Gasteiger partial charge in [0.15, 0.2) is 0 Å². The lowest BCUT2D eigenvalue weighted by Gasteiger charge is -2.12. The summed E-state index contributed by atoms with van der Waals surface area (Å²) in [6.45, 7) is 2.58. The minimum atomic E-state index is -0.413. The number of nitrogens with one attached hydrogen (secondary N) is 2. The monoisotopic (exact) mass is 375 g/mol. The largest absolute Gasteiger partial charge is 0.494 e. The Morgan fingerprint density at radius 2 is 1.96 bits per heavy atom. The second-order valence-electron chi connectivity index (χ2n) is 6.56. The third-order valence-corrected chi connectivity index (χ3v) is 4.60. The van der Waals surface area contributed by atoms with E-state index in [1.54, 1.807) is 12.4 Å². The number of H-pyrrole nitrogens is 2. The number of hydrogen-bond donors (Lipinski definition) is 3. The third-order valence-electron chi connectivity index (χ3n) is 4.60. The summed E-state index contributed by atoms with van der Waals surface area (Å²) in [4.78, 5) is 20.0. The zero-order valence-electron chi connectivity index (χ0n) is 15.5. The number of hydrogen-bond acceptors (Lipinski definition) is 5. The predicted molar refractivity (Wildman–Crippen MR) is 108 cm³/mol. The van der Waals surface area contributed by atoms with Crippen LogP contribution in [-0.2, 0) is 6.42 Å². The van der Waals surface area contributed by atoms with Gasteiger partial charge in [-0.25, -0.2) is 4.98 Å². The van der Waals surface area contributed by atoms with Crippen molar-refractivity contribution in [3.63, 3.8) is 0 Å². The van der Waals surface area contributed by atoms with Crippen molar-refractivity contribution in [1.82, 2.24) is 20.2 Å². The van der Waals surface area contributed by atoms with Crippen LogP contribution < -0.4 is 16.0 Å². The highest BCUT2D eigenvalue weighted by molar-refractivity contribution is 5.83. The molecule has 4 aromatic rings. The number of rotatable bonds is 6. The lowest BCUT2D eigenvalue weighted by atomic mass is 10.0. The molecule has 4 N–H and O–H groups in total. The van der Waals surface area contributed by atoms with Crippen molar-refractivity contribution in [2.75, 3.05) is 6.61 Å². The molecule has 4 rings (SSSR count). The molecule has 0 saturated heterocycles. The van der Waals surface area contributed by atoms with E-state index in [1.807, 2.05) is 49.4 Å². The Morgan fingerprint density at radius 1 is 1.14 bits per heavy atom.